The standard InChI is InChI=1S/C20H34N4O3/c1-4-21-20(22-11-7-13-27-15-14-25-2)23-17-10-12-24(16-17)18-8-5-6-9-19(18)26-3/h5-6,8-9,17H,4,7,10-16H2,1-3H3,(H2,21,22,23). The van der Waals surface area contributed by atoms with Crippen molar-refractivity contribution in [1.29, 1.82) is 0 Å². The third-order valence-corrected chi connectivity index (χ3v) is 4.45. The number of ether oxygens (including phenoxy) is 3. The van der Waals surface area contributed by atoms with E-state index in [-0.39, 0.29) is 0 Å². The second-order valence-electron chi connectivity index (χ2n) is 6.47. The molecule has 0 amide bonds. The minimum absolute atomic E-state index is 0.366. The van der Waals surface area contributed by atoms with Crippen LogP contribution in [0.15, 0.2) is 29.3 Å². The molecule has 7 nitrogen and oxygen atoms in total. The Kier molecular flexibility index (Phi) is 9.79. The molecule has 0 aliphatic carbocycles. The van der Waals surface area contributed by atoms with Crippen molar-refractivity contribution < 1.29 is 14.2 Å². The van der Waals surface area contributed by atoms with E-state index in [0.717, 1.165) is 56.4 Å². The molecule has 1 fully saturated rings. The first kappa shape index (κ1) is 21.3. The lowest BCUT2D eigenvalue weighted by Gasteiger charge is -2.22. The molecule has 0 saturated carbocycles. The minimum atomic E-state index is 0.366. The number of rotatable bonds is 11. The summed E-state index contributed by atoms with van der Waals surface area (Å²) in [5.41, 5.74) is 1.15. The molecule has 0 radical (unpaired) electrons. The van der Waals surface area contributed by atoms with Crippen LogP contribution in [0.4, 0.5) is 5.69 Å². The third-order valence-electron chi connectivity index (χ3n) is 4.45. The zero-order chi connectivity index (χ0) is 19.3. The second kappa shape index (κ2) is 12.4. The van der Waals surface area contributed by atoms with Crippen LogP contribution in [0.3, 0.4) is 0 Å². The van der Waals surface area contributed by atoms with Crippen molar-refractivity contribution >= 4 is 11.6 Å². The molecule has 1 saturated heterocycles. The first-order chi connectivity index (χ1) is 13.3. The van der Waals surface area contributed by atoms with E-state index >= 15 is 0 Å². The van der Waals surface area contributed by atoms with E-state index in [2.05, 4.69) is 39.6 Å². The van der Waals surface area contributed by atoms with Gasteiger partial charge in [-0.3, -0.25) is 4.99 Å². The topological polar surface area (TPSA) is 67.4 Å². The SMILES string of the molecule is CCNC(=NCCCOCCOC)NC1CCN(c2ccccc2OC)C1. The molecule has 7 heteroatoms. The number of para-hydroxylation sites is 2. The van der Waals surface area contributed by atoms with Crippen LogP contribution in [0.5, 0.6) is 5.75 Å². The van der Waals surface area contributed by atoms with Crippen LogP contribution >= 0.6 is 0 Å². The Morgan fingerprint density at radius 3 is 2.85 bits per heavy atom. The van der Waals surface area contributed by atoms with Gasteiger partial charge in [0.1, 0.15) is 5.75 Å². The molecule has 1 heterocycles. The molecule has 0 spiro atoms. The number of methoxy groups -OCH3 is 2. The molecule has 1 atom stereocenters. The number of hydrogen-bond acceptors (Lipinski definition) is 5. The lowest BCUT2D eigenvalue weighted by Crippen LogP contribution is -2.44. The monoisotopic (exact) mass is 378 g/mol. The van der Waals surface area contributed by atoms with Gasteiger partial charge in [0.25, 0.3) is 0 Å². The van der Waals surface area contributed by atoms with Gasteiger partial charge in [-0.25, -0.2) is 0 Å². The normalized spacial score (nSPS) is 17.2. The maximum Gasteiger partial charge on any atom is 0.191 e. The summed E-state index contributed by atoms with van der Waals surface area (Å²) < 4.78 is 15.9. The predicted octanol–water partition coefficient (Wildman–Crippen LogP) is 1.88. The van der Waals surface area contributed by atoms with Crippen LogP contribution in [0.1, 0.15) is 19.8 Å². The second-order valence-corrected chi connectivity index (χ2v) is 6.47. The molecule has 1 aromatic carbocycles. The van der Waals surface area contributed by atoms with Crippen LogP contribution in [-0.2, 0) is 9.47 Å². The number of nitrogens with zero attached hydrogens (tertiary/aromatic N) is 2. The number of nitrogens with one attached hydrogen (secondary N) is 2. The third kappa shape index (κ3) is 7.27. The molecule has 1 aromatic rings. The molecule has 152 valence electrons. The van der Waals surface area contributed by atoms with Gasteiger partial charge in [0.2, 0.25) is 0 Å². The number of anilines is 1. The minimum Gasteiger partial charge on any atom is -0.495 e. The predicted molar refractivity (Wildman–Crippen MR) is 110 cm³/mol. The van der Waals surface area contributed by atoms with E-state index in [9.17, 15) is 0 Å². The van der Waals surface area contributed by atoms with Crippen molar-refractivity contribution in [3.63, 3.8) is 0 Å². The molecule has 1 unspecified atom stereocenters. The number of guanidine groups is 1. The van der Waals surface area contributed by atoms with E-state index in [4.69, 9.17) is 14.2 Å². The van der Waals surface area contributed by atoms with Crippen molar-refractivity contribution in [2.75, 3.05) is 65.1 Å². The zero-order valence-electron chi connectivity index (χ0n) is 16.9. The summed E-state index contributed by atoms with van der Waals surface area (Å²) in [6, 6.07) is 8.55. The molecule has 1 aliphatic heterocycles. The Bertz CT molecular complexity index is 568. The smallest absolute Gasteiger partial charge is 0.191 e. The van der Waals surface area contributed by atoms with Crippen LogP contribution in [-0.4, -0.2) is 72.2 Å². The highest BCUT2D eigenvalue weighted by atomic mass is 16.5. The van der Waals surface area contributed by atoms with Gasteiger partial charge < -0.3 is 29.7 Å². The number of hydrogen-bond donors (Lipinski definition) is 2. The highest BCUT2D eigenvalue weighted by molar-refractivity contribution is 5.80. The summed E-state index contributed by atoms with van der Waals surface area (Å²) in [5.74, 6) is 1.80. The molecule has 2 N–H and O–H groups in total. The Labute approximate surface area is 163 Å². The van der Waals surface area contributed by atoms with E-state index in [1.807, 2.05) is 12.1 Å². The fourth-order valence-corrected chi connectivity index (χ4v) is 3.10. The summed E-state index contributed by atoms with van der Waals surface area (Å²) in [5, 5.41) is 6.89. The summed E-state index contributed by atoms with van der Waals surface area (Å²) in [4.78, 5) is 7.03. The van der Waals surface area contributed by atoms with Gasteiger partial charge in [-0.15, -0.1) is 0 Å². The summed E-state index contributed by atoms with van der Waals surface area (Å²) in [6.07, 6.45) is 1.97. The van der Waals surface area contributed by atoms with Crippen molar-refractivity contribution in [2.45, 2.75) is 25.8 Å². The fourth-order valence-electron chi connectivity index (χ4n) is 3.10. The van der Waals surface area contributed by atoms with Crippen LogP contribution in [0.2, 0.25) is 0 Å². The maximum atomic E-state index is 5.50. The quantitative estimate of drug-likeness (QED) is 0.348. The van der Waals surface area contributed by atoms with Gasteiger partial charge in [0.05, 0.1) is 26.0 Å². The van der Waals surface area contributed by atoms with Gasteiger partial charge in [-0.05, 0) is 31.9 Å². The first-order valence-electron chi connectivity index (χ1n) is 9.78. The molecule has 27 heavy (non-hydrogen) atoms. The molecule has 2 rings (SSSR count). The summed E-state index contributed by atoms with van der Waals surface area (Å²) in [7, 11) is 3.40. The van der Waals surface area contributed by atoms with E-state index in [0.29, 0.717) is 25.9 Å². The van der Waals surface area contributed by atoms with Crippen LogP contribution in [0, 0.1) is 0 Å². The van der Waals surface area contributed by atoms with Gasteiger partial charge in [-0.2, -0.15) is 0 Å². The van der Waals surface area contributed by atoms with Gasteiger partial charge in [0.15, 0.2) is 5.96 Å². The lowest BCUT2D eigenvalue weighted by atomic mass is 10.2. The largest absolute Gasteiger partial charge is 0.495 e. The summed E-state index contributed by atoms with van der Waals surface area (Å²) >= 11 is 0. The van der Waals surface area contributed by atoms with E-state index < -0.39 is 0 Å². The van der Waals surface area contributed by atoms with Gasteiger partial charge >= 0.3 is 0 Å². The van der Waals surface area contributed by atoms with Crippen molar-refractivity contribution in [1.82, 2.24) is 10.6 Å². The van der Waals surface area contributed by atoms with Gasteiger partial charge in [-0.1, -0.05) is 12.1 Å². The Hall–Kier alpha value is -1.99. The average molecular weight is 379 g/mol. The Balaban J connectivity index is 1.79. The van der Waals surface area contributed by atoms with E-state index in [1.54, 1.807) is 14.2 Å². The Morgan fingerprint density at radius 1 is 1.22 bits per heavy atom. The molecule has 1 aliphatic rings. The average Bonchev–Trinajstić information content (AvgIpc) is 3.15. The molecular formula is C20H34N4O3. The molecular weight excluding hydrogens is 344 g/mol. The fraction of sp³-hybridized carbons (Fsp3) is 0.650. The Morgan fingerprint density at radius 2 is 2.07 bits per heavy atom. The highest BCUT2D eigenvalue weighted by Gasteiger charge is 2.25. The van der Waals surface area contributed by atoms with Crippen LogP contribution in [0.25, 0.3) is 0 Å². The maximum absolute atomic E-state index is 5.50. The summed E-state index contributed by atoms with van der Waals surface area (Å²) in [6.45, 7) is 7.59. The van der Waals surface area contributed by atoms with Crippen molar-refractivity contribution in [3.8, 4) is 5.75 Å². The van der Waals surface area contributed by atoms with Crippen molar-refractivity contribution in [3.05, 3.63) is 24.3 Å². The number of aliphatic imine (C=N–C) groups is 1. The van der Waals surface area contributed by atoms with E-state index in [1.165, 1.54) is 0 Å². The van der Waals surface area contributed by atoms with Crippen molar-refractivity contribution in [2.24, 2.45) is 4.99 Å². The van der Waals surface area contributed by atoms with Gasteiger partial charge in [0, 0.05) is 45.9 Å². The lowest BCUT2D eigenvalue weighted by molar-refractivity contribution is 0.0702. The molecule has 0 bridgehead atoms. The highest BCUT2D eigenvalue weighted by Crippen LogP contribution is 2.30. The zero-order valence-corrected chi connectivity index (χ0v) is 16.9. The molecule has 0 aromatic heterocycles. The first-order valence-corrected chi connectivity index (χ1v) is 9.78. The number of benzene rings is 1. The van der Waals surface area contributed by atoms with Crippen LogP contribution < -0.4 is 20.3 Å².